The second-order valence-electron chi connectivity index (χ2n) is 8.24. The fourth-order valence-corrected chi connectivity index (χ4v) is 3.95. The van der Waals surface area contributed by atoms with Crippen LogP contribution in [0.4, 0.5) is 11.4 Å². The molecule has 2 heterocycles. The summed E-state index contributed by atoms with van der Waals surface area (Å²) < 4.78 is 6.99. The third-order valence-corrected chi connectivity index (χ3v) is 5.82. The summed E-state index contributed by atoms with van der Waals surface area (Å²) in [6.45, 7) is 2.27. The number of amides is 1. The Balaban J connectivity index is 1.56. The van der Waals surface area contributed by atoms with Gasteiger partial charge in [-0.2, -0.15) is 0 Å². The SMILES string of the molecule is CCOC(=O)CCN(C(=O)c1cnc2c(c1)nc(CCc1ccc(N)cc1)n2C)c1ccccc1. The number of imidazole rings is 1. The molecule has 4 aromatic rings. The van der Waals surface area contributed by atoms with E-state index < -0.39 is 0 Å². The fourth-order valence-electron chi connectivity index (χ4n) is 3.95. The summed E-state index contributed by atoms with van der Waals surface area (Å²) in [5.74, 6) is 0.297. The summed E-state index contributed by atoms with van der Waals surface area (Å²) in [6, 6.07) is 18.8. The van der Waals surface area contributed by atoms with Crippen molar-refractivity contribution >= 4 is 34.4 Å². The van der Waals surface area contributed by atoms with E-state index in [9.17, 15) is 9.59 Å². The van der Waals surface area contributed by atoms with Gasteiger partial charge < -0.3 is 19.9 Å². The van der Waals surface area contributed by atoms with Gasteiger partial charge in [-0.25, -0.2) is 9.97 Å². The number of hydrogen-bond acceptors (Lipinski definition) is 6. The Morgan fingerprint density at radius 3 is 2.51 bits per heavy atom. The predicted molar refractivity (Wildman–Crippen MR) is 136 cm³/mol. The average Bonchev–Trinajstić information content (AvgIpc) is 3.19. The van der Waals surface area contributed by atoms with Gasteiger partial charge in [0.2, 0.25) is 0 Å². The van der Waals surface area contributed by atoms with E-state index in [1.165, 1.54) is 5.56 Å². The van der Waals surface area contributed by atoms with Crippen LogP contribution in [0.25, 0.3) is 11.2 Å². The molecule has 0 spiro atoms. The topological polar surface area (TPSA) is 103 Å². The first-order valence-electron chi connectivity index (χ1n) is 11.6. The van der Waals surface area contributed by atoms with Gasteiger partial charge in [0.05, 0.1) is 18.6 Å². The molecular weight excluding hydrogens is 442 g/mol. The van der Waals surface area contributed by atoms with Crippen molar-refractivity contribution in [1.82, 2.24) is 14.5 Å². The molecule has 1 amide bonds. The smallest absolute Gasteiger partial charge is 0.307 e. The summed E-state index contributed by atoms with van der Waals surface area (Å²) in [5.41, 5.74) is 10.2. The minimum atomic E-state index is -0.342. The van der Waals surface area contributed by atoms with Gasteiger partial charge in [-0.3, -0.25) is 9.59 Å². The zero-order valence-electron chi connectivity index (χ0n) is 20.0. The summed E-state index contributed by atoms with van der Waals surface area (Å²) >= 11 is 0. The lowest BCUT2D eigenvalue weighted by Gasteiger charge is -2.22. The van der Waals surface area contributed by atoms with Crippen LogP contribution in [0, 0.1) is 0 Å². The molecule has 0 saturated carbocycles. The van der Waals surface area contributed by atoms with Crippen molar-refractivity contribution in [1.29, 1.82) is 0 Å². The highest BCUT2D eigenvalue weighted by Crippen LogP contribution is 2.21. The summed E-state index contributed by atoms with van der Waals surface area (Å²) in [4.78, 5) is 36.3. The van der Waals surface area contributed by atoms with Crippen molar-refractivity contribution in [3.05, 3.63) is 83.8 Å². The lowest BCUT2D eigenvalue weighted by Crippen LogP contribution is -2.33. The second kappa shape index (κ2) is 10.8. The lowest BCUT2D eigenvalue weighted by molar-refractivity contribution is -0.142. The highest BCUT2D eigenvalue weighted by atomic mass is 16.5. The highest BCUT2D eigenvalue weighted by molar-refractivity contribution is 6.07. The average molecular weight is 472 g/mol. The fraction of sp³-hybridized carbons (Fsp3) is 0.259. The van der Waals surface area contributed by atoms with Crippen LogP contribution in [0.1, 0.15) is 35.1 Å². The second-order valence-corrected chi connectivity index (χ2v) is 8.24. The molecule has 0 fully saturated rings. The standard InChI is InChI=1S/C27H29N5O3/c1-3-35-25(33)15-16-32(22-7-5-4-6-8-22)27(34)20-17-23-26(29-18-20)31(2)24(30-23)14-11-19-9-12-21(28)13-10-19/h4-10,12-13,17-18H,3,11,14-16,28H2,1-2H3. The molecule has 180 valence electrons. The predicted octanol–water partition coefficient (Wildman–Crippen LogP) is 3.94. The van der Waals surface area contributed by atoms with E-state index in [0.717, 1.165) is 24.4 Å². The number of anilines is 2. The molecule has 0 saturated heterocycles. The molecule has 0 unspecified atom stereocenters. The maximum Gasteiger partial charge on any atom is 0.307 e. The summed E-state index contributed by atoms with van der Waals surface area (Å²) in [6.07, 6.45) is 3.22. The Kier molecular flexibility index (Phi) is 7.40. The van der Waals surface area contributed by atoms with Gasteiger partial charge >= 0.3 is 5.97 Å². The van der Waals surface area contributed by atoms with Crippen LogP contribution in [-0.2, 0) is 29.4 Å². The van der Waals surface area contributed by atoms with Gasteiger partial charge in [-0.15, -0.1) is 0 Å². The lowest BCUT2D eigenvalue weighted by atomic mass is 10.1. The molecule has 2 aromatic heterocycles. The van der Waals surface area contributed by atoms with Crippen LogP contribution in [0.2, 0.25) is 0 Å². The number of para-hydroxylation sites is 1. The number of esters is 1. The number of fused-ring (bicyclic) bond motifs is 1. The molecule has 8 heteroatoms. The third-order valence-electron chi connectivity index (χ3n) is 5.82. The number of carbonyl (C=O) groups excluding carboxylic acids is 2. The summed E-state index contributed by atoms with van der Waals surface area (Å²) in [7, 11) is 1.93. The number of aryl methyl sites for hydroxylation is 3. The van der Waals surface area contributed by atoms with Gasteiger partial charge in [0.1, 0.15) is 11.3 Å². The first-order chi connectivity index (χ1) is 17.0. The Bertz CT molecular complexity index is 1320. The molecule has 0 bridgehead atoms. The van der Waals surface area contributed by atoms with Gasteiger partial charge in [0.15, 0.2) is 5.65 Å². The Hall–Kier alpha value is -4.20. The van der Waals surface area contributed by atoms with Crippen molar-refractivity contribution in [3.63, 3.8) is 0 Å². The molecular formula is C27H29N5O3. The van der Waals surface area contributed by atoms with Gasteiger partial charge in [-0.05, 0) is 49.2 Å². The molecule has 0 atom stereocenters. The number of pyridine rings is 1. The quantitative estimate of drug-likeness (QED) is 0.293. The number of carbonyl (C=O) groups is 2. The highest BCUT2D eigenvalue weighted by Gasteiger charge is 2.21. The molecule has 4 rings (SSSR count). The van der Waals surface area contributed by atoms with Crippen molar-refractivity contribution in [3.8, 4) is 0 Å². The zero-order chi connectivity index (χ0) is 24.8. The van der Waals surface area contributed by atoms with Crippen molar-refractivity contribution in [2.24, 2.45) is 7.05 Å². The van der Waals surface area contributed by atoms with Crippen LogP contribution in [0.3, 0.4) is 0 Å². The number of nitrogens with two attached hydrogens (primary N) is 1. The largest absolute Gasteiger partial charge is 0.466 e. The molecule has 2 N–H and O–H groups in total. The van der Waals surface area contributed by atoms with E-state index in [-0.39, 0.29) is 24.8 Å². The first-order valence-corrected chi connectivity index (χ1v) is 11.6. The minimum Gasteiger partial charge on any atom is -0.466 e. The zero-order valence-corrected chi connectivity index (χ0v) is 20.0. The van der Waals surface area contributed by atoms with Gasteiger partial charge in [0, 0.05) is 37.6 Å². The molecule has 35 heavy (non-hydrogen) atoms. The van der Waals surface area contributed by atoms with E-state index in [1.54, 1.807) is 24.1 Å². The number of benzene rings is 2. The first kappa shape index (κ1) is 23.9. The number of nitrogens with zero attached hydrogens (tertiary/aromatic N) is 4. The molecule has 0 aliphatic heterocycles. The van der Waals surface area contributed by atoms with Crippen LogP contribution >= 0.6 is 0 Å². The van der Waals surface area contributed by atoms with Crippen molar-refractivity contribution in [2.45, 2.75) is 26.2 Å². The monoisotopic (exact) mass is 471 g/mol. The Labute approximate surface area is 204 Å². The van der Waals surface area contributed by atoms with E-state index in [0.29, 0.717) is 29.0 Å². The van der Waals surface area contributed by atoms with Crippen LogP contribution < -0.4 is 10.6 Å². The van der Waals surface area contributed by atoms with E-state index >= 15 is 0 Å². The molecule has 2 aromatic carbocycles. The van der Waals surface area contributed by atoms with E-state index in [4.69, 9.17) is 15.5 Å². The number of hydrogen-bond donors (Lipinski definition) is 1. The molecule has 0 aliphatic carbocycles. The third kappa shape index (κ3) is 5.66. The van der Waals surface area contributed by atoms with Gasteiger partial charge in [-0.1, -0.05) is 30.3 Å². The summed E-state index contributed by atoms with van der Waals surface area (Å²) in [5, 5.41) is 0. The maximum atomic E-state index is 13.5. The molecule has 8 nitrogen and oxygen atoms in total. The number of rotatable bonds is 9. The van der Waals surface area contributed by atoms with Gasteiger partial charge in [0.25, 0.3) is 5.91 Å². The molecule has 0 aliphatic rings. The minimum absolute atomic E-state index is 0.100. The molecule has 0 radical (unpaired) electrons. The van der Waals surface area contributed by atoms with Crippen LogP contribution in [-0.4, -0.2) is 39.6 Å². The number of nitrogen functional groups attached to an aromatic ring is 1. The normalized spacial score (nSPS) is 10.9. The van der Waals surface area contributed by atoms with E-state index in [2.05, 4.69) is 4.98 Å². The Morgan fingerprint density at radius 2 is 1.80 bits per heavy atom. The van der Waals surface area contributed by atoms with Crippen LogP contribution in [0.5, 0.6) is 0 Å². The van der Waals surface area contributed by atoms with Crippen LogP contribution in [0.15, 0.2) is 66.9 Å². The maximum absolute atomic E-state index is 13.5. The number of ether oxygens (including phenoxy) is 1. The van der Waals surface area contributed by atoms with Crippen molar-refractivity contribution in [2.75, 3.05) is 23.8 Å². The van der Waals surface area contributed by atoms with Crippen molar-refractivity contribution < 1.29 is 14.3 Å². The Morgan fingerprint density at radius 1 is 1.06 bits per heavy atom. The van der Waals surface area contributed by atoms with E-state index in [1.807, 2.05) is 66.2 Å². The number of aromatic nitrogens is 3.